The van der Waals surface area contributed by atoms with Gasteiger partial charge in [0.05, 0.1) is 6.10 Å². The van der Waals surface area contributed by atoms with Gasteiger partial charge in [-0.05, 0) is 12.5 Å². The highest BCUT2D eigenvalue weighted by Crippen LogP contribution is 1.93. The Hall–Kier alpha value is -0.740. The molecule has 50 valence electrons. The van der Waals surface area contributed by atoms with Crippen molar-refractivity contribution in [3.8, 4) is 11.8 Å². The van der Waals surface area contributed by atoms with Gasteiger partial charge in [-0.15, -0.1) is 0 Å². The van der Waals surface area contributed by atoms with Gasteiger partial charge in [-0.1, -0.05) is 25.3 Å². The summed E-state index contributed by atoms with van der Waals surface area (Å²) in [6, 6.07) is 0. The first-order valence-electron chi connectivity index (χ1n) is 3.08. The fraction of sp³-hybridized carbons (Fsp3) is 0.500. The molecule has 0 rings (SSSR count). The molecule has 0 aromatic rings. The van der Waals surface area contributed by atoms with Gasteiger partial charge < -0.3 is 5.11 Å². The molecule has 9 heavy (non-hydrogen) atoms. The van der Waals surface area contributed by atoms with Crippen LogP contribution in [0.3, 0.4) is 0 Å². The summed E-state index contributed by atoms with van der Waals surface area (Å²) in [6.45, 7) is 5.36. The molecule has 1 nitrogen and oxygen atoms in total. The first kappa shape index (κ1) is 8.26. The van der Waals surface area contributed by atoms with Gasteiger partial charge >= 0.3 is 0 Å². The van der Waals surface area contributed by atoms with E-state index in [1.54, 1.807) is 0 Å². The van der Waals surface area contributed by atoms with Crippen molar-refractivity contribution in [3.05, 3.63) is 12.7 Å². The maximum atomic E-state index is 8.95. The molecule has 1 atom stereocenters. The predicted octanol–water partition coefficient (Wildman–Crippen LogP) is 1.34. The molecule has 0 aliphatic rings. The largest absolute Gasteiger partial charge is 0.392 e. The van der Waals surface area contributed by atoms with E-state index in [4.69, 9.17) is 5.11 Å². The van der Waals surface area contributed by atoms with Gasteiger partial charge in [0.2, 0.25) is 0 Å². The molecule has 0 saturated heterocycles. The Morgan fingerprint density at radius 2 is 2.44 bits per heavy atom. The molecule has 0 aliphatic heterocycles. The van der Waals surface area contributed by atoms with Crippen LogP contribution in [0.25, 0.3) is 0 Å². The molecule has 0 aromatic heterocycles. The van der Waals surface area contributed by atoms with Gasteiger partial charge in [0.25, 0.3) is 0 Å². The van der Waals surface area contributed by atoms with Crippen LogP contribution in [0.15, 0.2) is 12.7 Å². The molecule has 0 spiro atoms. The summed E-state index contributed by atoms with van der Waals surface area (Å²) in [5.41, 5.74) is 0. The zero-order valence-corrected chi connectivity index (χ0v) is 5.72. The lowest BCUT2D eigenvalue weighted by molar-refractivity contribution is 0.176. The Kier molecular flexibility index (Phi) is 4.95. The van der Waals surface area contributed by atoms with Gasteiger partial charge in [-0.2, -0.15) is 0 Å². The van der Waals surface area contributed by atoms with Crippen LogP contribution in [0.2, 0.25) is 0 Å². The first-order chi connectivity index (χ1) is 4.31. The maximum Gasteiger partial charge on any atom is 0.0646 e. The van der Waals surface area contributed by atoms with Crippen LogP contribution in [0.4, 0.5) is 0 Å². The lowest BCUT2D eigenvalue weighted by Crippen LogP contribution is -2.01. The summed E-state index contributed by atoms with van der Waals surface area (Å²) in [7, 11) is 0. The summed E-state index contributed by atoms with van der Waals surface area (Å²) in [5, 5.41) is 8.95. The molecule has 1 heteroatoms. The average molecular weight is 124 g/mol. The summed E-state index contributed by atoms with van der Waals surface area (Å²) < 4.78 is 0. The number of aliphatic hydroxyl groups is 1. The van der Waals surface area contributed by atoms with Crippen molar-refractivity contribution in [3.63, 3.8) is 0 Å². The third kappa shape index (κ3) is 5.13. The van der Waals surface area contributed by atoms with Gasteiger partial charge in [0, 0.05) is 6.42 Å². The Morgan fingerprint density at radius 3 is 2.89 bits per heavy atom. The van der Waals surface area contributed by atoms with Crippen LogP contribution in [-0.4, -0.2) is 11.2 Å². The number of hydrogen-bond acceptors (Lipinski definition) is 1. The van der Waals surface area contributed by atoms with Crippen LogP contribution >= 0.6 is 0 Å². The van der Waals surface area contributed by atoms with Crippen molar-refractivity contribution < 1.29 is 5.11 Å². The second kappa shape index (κ2) is 5.40. The average Bonchev–Trinajstić information content (AvgIpc) is 1.89. The predicted molar refractivity (Wildman–Crippen MR) is 38.9 cm³/mol. The monoisotopic (exact) mass is 124 g/mol. The minimum Gasteiger partial charge on any atom is -0.392 e. The number of rotatable bonds is 2. The number of allylic oxidation sites excluding steroid dienone is 1. The lowest BCUT2D eigenvalue weighted by Gasteiger charge is -1.98. The van der Waals surface area contributed by atoms with Crippen LogP contribution in [0.1, 0.15) is 19.8 Å². The van der Waals surface area contributed by atoms with E-state index in [0.29, 0.717) is 6.42 Å². The topological polar surface area (TPSA) is 20.2 Å². The summed E-state index contributed by atoms with van der Waals surface area (Å²) in [4.78, 5) is 0. The lowest BCUT2D eigenvalue weighted by atomic mass is 10.2. The molecular formula is C8H12O. The number of aliphatic hydroxyl groups excluding tert-OH is 1. The molecule has 0 heterocycles. The molecule has 0 amide bonds. The van der Waals surface area contributed by atoms with Crippen molar-refractivity contribution in [2.45, 2.75) is 25.9 Å². The fourth-order valence-corrected chi connectivity index (χ4v) is 0.393. The third-order valence-electron chi connectivity index (χ3n) is 1.01. The van der Waals surface area contributed by atoms with Crippen molar-refractivity contribution >= 4 is 0 Å². The van der Waals surface area contributed by atoms with Gasteiger partial charge in [-0.3, -0.25) is 0 Å². The Morgan fingerprint density at radius 1 is 1.78 bits per heavy atom. The van der Waals surface area contributed by atoms with E-state index >= 15 is 0 Å². The van der Waals surface area contributed by atoms with Crippen LogP contribution in [0.5, 0.6) is 0 Å². The zero-order chi connectivity index (χ0) is 7.11. The standard InChI is InChI=1S/C8H12O/c1-3-5-6-7-8(9)4-2/h3,8-9H,1,4,7H2,2H3. The minimum atomic E-state index is -0.266. The van der Waals surface area contributed by atoms with E-state index in [0.717, 1.165) is 6.42 Å². The van der Waals surface area contributed by atoms with Crippen LogP contribution < -0.4 is 0 Å². The molecule has 1 N–H and O–H groups in total. The Balaban J connectivity index is 3.36. The Bertz CT molecular complexity index is 127. The SMILES string of the molecule is C=CC#CCC(O)CC. The van der Waals surface area contributed by atoms with Gasteiger partial charge in [0.15, 0.2) is 0 Å². The van der Waals surface area contributed by atoms with E-state index < -0.39 is 0 Å². The van der Waals surface area contributed by atoms with E-state index in [1.807, 2.05) is 6.92 Å². The highest BCUT2D eigenvalue weighted by Gasteiger charge is 1.93. The highest BCUT2D eigenvalue weighted by atomic mass is 16.3. The summed E-state index contributed by atoms with van der Waals surface area (Å²) >= 11 is 0. The maximum absolute atomic E-state index is 8.95. The summed E-state index contributed by atoms with van der Waals surface area (Å²) in [5.74, 6) is 5.44. The molecule has 1 unspecified atom stereocenters. The van der Waals surface area contributed by atoms with Crippen molar-refractivity contribution in [2.75, 3.05) is 0 Å². The zero-order valence-electron chi connectivity index (χ0n) is 5.72. The van der Waals surface area contributed by atoms with E-state index in [-0.39, 0.29) is 6.10 Å². The normalized spacial score (nSPS) is 11.3. The van der Waals surface area contributed by atoms with Gasteiger partial charge in [0.1, 0.15) is 0 Å². The molecule has 0 aliphatic carbocycles. The second-order valence-electron chi connectivity index (χ2n) is 1.79. The molecule has 0 fully saturated rings. The fourth-order valence-electron chi connectivity index (χ4n) is 0.393. The quantitative estimate of drug-likeness (QED) is 0.551. The van der Waals surface area contributed by atoms with E-state index in [9.17, 15) is 0 Å². The van der Waals surface area contributed by atoms with E-state index in [1.165, 1.54) is 6.08 Å². The third-order valence-corrected chi connectivity index (χ3v) is 1.01. The van der Waals surface area contributed by atoms with Crippen LogP contribution in [0, 0.1) is 11.8 Å². The van der Waals surface area contributed by atoms with Gasteiger partial charge in [-0.25, -0.2) is 0 Å². The molecule has 0 aromatic carbocycles. The van der Waals surface area contributed by atoms with Crippen molar-refractivity contribution in [1.29, 1.82) is 0 Å². The second-order valence-corrected chi connectivity index (χ2v) is 1.79. The molecule has 0 bridgehead atoms. The first-order valence-corrected chi connectivity index (χ1v) is 3.08. The van der Waals surface area contributed by atoms with Crippen molar-refractivity contribution in [2.24, 2.45) is 0 Å². The minimum absolute atomic E-state index is 0.266. The van der Waals surface area contributed by atoms with E-state index in [2.05, 4.69) is 18.4 Å². The smallest absolute Gasteiger partial charge is 0.0646 e. The molecule has 0 saturated carbocycles. The molecular weight excluding hydrogens is 112 g/mol. The number of hydrogen-bond donors (Lipinski definition) is 1. The van der Waals surface area contributed by atoms with Crippen LogP contribution in [-0.2, 0) is 0 Å². The summed E-state index contributed by atoms with van der Waals surface area (Å²) in [6.07, 6.45) is 2.59. The highest BCUT2D eigenvalue weighted by molar-refractivity contribution is 5.12. The van der Waals surface area contributed by atoms with Crippen molar-refractivity contribution in [1.82, 2.24) is 0 Å². The molecule has 0 radical (unpaired) electrons. The Labute approximate surface area is 56.4 Å².